The Morgan fingerprint density at radius 2 is 1.73 bits per heavy atom. The van der Waals surface area contributed by atoms with Crippen molar-refractivity contribution < 1.29 is 14.2 Å². The Morgan fingerprint density at radius 1 is 1.04 bits per heavy atom. The molecule has 0 atom stereocenters. The molecule has 26 heavy (non-hydrogen) atoms. The molecular formula is C20H21N4O2+. The molecule has 1 saturated heterocycles. The molecule has 0 aliphatic carbocycles. The second-order valence-electron chi connectivity index (χ2n) is 6.58. The number of carbonyl (C=O) groups excluding carboxylic acids is 1. The maximum atomic E-state index is 13.0. The van der Waals surface area contributed by atoms with Gasteiger partial charge in [-0.15, -0.1) is 0 Å². The molecule has 1 N–H and O–H groups in total. The third-order valence-electron chi connectivity index (χ3n) is 4.75. The second kappa shape index (κ2) is 7.09. The van der Waals surface area contributed by atoms with E-state index in [1.54, 1.807) is 0 Å². The third kappa shape index (κ3) is 3.23. The highest BCUT2D eigenvalue weighted by atomic mass is 16.5. The van der Waals surface area contributed by atoms with Gasteiger partial charge in [0.1, 0.15) is 0 Å². The van der Waals surface area contributed by atoms with Gasteiger partial charge in [-0.2, -0.15) is 4.98 Å². The molecule has 1 amide bonds. The molecule has 1 aliphatic heterocycles. The highest BCUT2D eigenvalue weighted by Crippen LogP contribution is 2.26. The maximum Gasteiger partial charge on any atom is 0.259 e. The van der Waals surface area contributed by atoms with Crippen LogP contribution in [0.2, 0.25) is 0 Å². The maximum absolute atomic E-state index is 13.0. The van der Waals surface area contributed by atoms with Gasteiger partial charge in [0.2, 0.25) is 5.82 Å². The largest absolute Gasteiger partial charge is 0.334 e. The molecule has 1 aromatic heterocycles. The average Bonchev–Trinajstić information content (AvgIpc) is 3.19. The van der Waals surface area contributed by atoms with Crippen LogP contribution in [-0.2, 0) is 0 Å². The zero-order chi connectivity index (χ0) is 17.9. The van der Waals surface area contributed by atoms with Crippen LogP contribution in [-0.4, -0.2) is 54.2 Å². The second-order valence-corrected chi connectivity index (χ2v) is 6.58. The molecule has 1 aliphatic rings. The summed E-state index contributed by atoms with van der Waals surface area (Å²) in [6.07, 6.45) is 0. The third-order valence-corrected chi connectivity index (χ3v) is 4.75. The molecule has 0 bridgehead atoms. The van der Waals surface area contributed by atoms with Crippen molar-refractivity contribution in [2.45, 2.75) is 0 Å². The topological polar surface area (TPSA) is 63.7 Å². The van der Waals surface area contributed by atoms with Gasteiger partial charge in [0, 0.05) is 5.56 Å². The number of benzene rings is 2. The van der Waals surface area contributed by atoms with Crippen molar-refractivity contribution in [3.05, 3.63) is 60.2 Å². The summed E-state index contributed by atoms with van der Waals surface area (Å²) < 4.78 is 5.46. The normalized spacial score (nSPS) is 15.2. The number of hydrogen-bond donors (Lipinski definition) is 1. The molecular weight excluding hydrogens is 328 g/mol. The van der Waals surface area contributed by atoms with Crippen LogP contribution in [0.4, 0.5) is 0 Å². The molecule has 0 spiro atoms. The van der Waals surface area contributed by atoms with Crippen LogP contribution in [0, 0.1) is 0 Å². The summed E-state index contributed by atoms with van der Waals surface area (Å²) in [5, 5.41) is 4.07. The first-order chi connectivity index (χ1) is 12.7. The van der Waals surface area contributed by atoms with Crippen LogP contribution in [0.1, 0.15) is 10.4 Å². The lowest BCUT2D eigenvalue weighted by molar-refractivity contribution is -0.883. The van der Waals surface area contributed by atoms with Crippen molar-refractivity contribution in [3.8, 4) is 22.8 Å². The van der Waals surface area contributed by atoms with Crippen LogP contribution < -0.4 is 4.90 Å². The smallest absolute Gasteiger partial charge is 0.259 e. The van der Waals surface area contributed by atoms with Crippen molar-refractivity contribution in [1.82, 2.24) is 15.0 Å². The predicted octanol–water partition coefficient (Wildman–Crippen LogP) is 1.37. The van der Waals surface area contributed by atoms with Crippen molar-refractivity contribution in [1.29, 1.82) is 0 Å². The van der Waals surface area contributed by atoms with E-state index < -0.39 is 0 Å². The van der Waals surface area contributed by atoms with E-state index in [1.807, 2.05) is 59.5 Å². The van der Waals surface area contributed by atoms with Crippen LogP contribution in [0.3, 0.4) is 0 Å². The highest BCUT2D eigenvalue weighted by Gasteiger charge is 2.25. The molecule has 6 heteroatoms. The number of hydrogen-bond acceptors (Lipinski definition) is 4. The number of piperazine rings is 1. The first-order valence-electron chi connectivity index (χ1n) is 8.81. The summed E-state index contributed by atoms with van der Waals surface area (Å²) in [6.45, 7) is 3.45. The lowest BCUT2D eigenvalue weighted by atomic mass is 10.1. The van der Waals surface area contributed by atoms with Crippen molar-refractivity contribution >= 4 is 5.91 Å². The SMILES string of the molecule is C[NH+]1CCN(C(=O)c2ccccc2-c2nc(-c3ccccc3)no2)CC1. The molecule has 0 radical (unpaired) electrons. The molecule has 0 unspecified atom stereocenters. The van der Waals surface area contributed by atoms with E-state index in [9.17, 15) is 4.79 Å². The molecule has 1 fully saturated rings. The highest BCUT2D eigenvalue weighted by molar-refractivity contribution is 6.00. The van der Waals surface area contributed by atoms with Gasteiger partial charge in [0.15, 0.2) is 0 Å². The van der Waals surface area contributed by atoms with Gasteiger partial charge < -0.3 is 14.3 Å². The van der Waals surface area contributed by atoms with Crippen LogP contribution in [0.25, 0.3) is 22.8 Å². The van der Waals surface area contributed by atoms with E-state index in [-0.39, 0.29) is 5.91 Å². The molecule has 4 rings (SSSR count). The summed E-state index contributed by atoms with van der Waals surface area (Å²) >= 11 is 0. The number of nitrogens with zero attached hydrogens (tertiary/aromatic N) is 3. The lowest BCUT2D eigenvalue weighted by Gasteiger charge is -2.30. The fourth-order valence-corrected chi connectivity index (χ4v) is 3.16. The van der Waals surface area contributed by atoms with Crippen LogP contribution >= 0.6 is 0 Å². The van der Waals surface area contributed by atoms with Gasteiger partial charge in [-0.25, -0.2) is 0 Å². The fourth-order valence-electron chi connectivity index (χ4n) is 3.16. The monoisotopic (exact) mass is 349 g/mol. The van der Waals surface area contributed by atoms with E-state index in [0.717, 1.165) is 31.7 Å². The Bertz CT molecular complexity index is 899. The standard InChI is InChI=1S/C20H20N4O2/c1-23-11-13-24(14-12-23)20(25)17-10-6-5-9-16(17)19-21-18(22-26-19)15-7-3-2-4-8-15/h2-10H,11-14H2,1H3/p+1. The average molecular weight is 349 g/mol. The lowest BCUT2D eigenvalue weighted by Crippen LogP contribution is -3.12. The van der Waals surface area contributed by atoms with Gasteiger partial charge in [0.05, 0.1) is 44.4 Å². The molecule has 6 nitrogen and oxygen atoms in total. The van der Waals surface area contributed by atoms with E-state index in [0.29, 0.717) is 22.8 Å². The van der Waals surface area contributed by atoms with Crippen molar-refractivity contribution in [2.75, 3.05) is 33.2 Å². The minimum atomic E-state index is 0.0209. The number of aromatic nitrogens is 2. The Balaban J connectivity index is 1.64. The van der Waals surface area contributed by atoms with Gasteiger partial charge in [-0.05, 0) is 12.1 Å². The number of likely N-dealkylation sites (N-methyl/N-ethyl adjacent to an activating group) is 1. The minimum absolute atomic E-state index is 0.0209. The van der Waals surface area contributed by atoms with E-state index >= 15 is 0 Å². The number of amides is 1. The molecule has 2 heterocycles. The Morgan fingerprint density at radius 3 is 2.50 bits per heavy atom. The van der Waals surface area contributed by atoms with E-state index in [4.69, 9.17) is 4.52 Å². The fraction of sp³-hybridized carbons (Fsp3) is 0.250. The van der Waals surface area contributed by atoms with Gasteiger partial charge in [-0.3, -0.25) is 4.79 Å². The van der Waals surface area contributed by atoms with E-state index in [2.05, 4.69) is 17.2 Å². The molecule has 2 aromatic carbocycles. The zero-order valence-corrected chi connectivity index (χ0v) is 14.7. The summed E-state index contributed by atoms with van der Waals surface area (Å²) in [4.78, 5) is 20.9. The zero-order valence-electron chi connectivity index (χ0n) is 14.7. The number of carbonyl (C=O) groups is 1. The summed E-state index contributed by atoms with van der Waals surface area (Å²) in [6, 6.07) is 17.1. The van der Waals surface area contributed by atoms with Crippen molar-refractivity contribution in [3.63, 3.8) is 0 Å². The van der Waals surface area contributed by atoms with Gasteiger partial charge >= 0.3 is 0 Å². The van der Waals surface area contributed by atoms with E-state index in [1.165, 1.54) is 4.90 Å². The Kier molecular flexibility index (Phi) is 4.50. The number of quaternary nitrogens is 1. The summed E-state index contributed by atoms with van der Waals surface area (Å²) in [7, 11) is 2.15. The predicted molar refractivity (Wildman–Crippen MR) is 97.7 cm³/mol. The summed E-state index contributed by atoms with van der Waals surface area (Å²) in [5.41, 5.74) is 2.17. The quantitative estimate of drug-likeness (QED) is 0.776. The Hall–Kier alpha value is -2.99. The van der Waals surface area contributed by atoms with Crippen LogP contribution in [0.5, 0.6) is 0 Å². The first-order valence-corrected chi connectivity index (χ1v) is 8.81. The molecule has 3 aromatic rings. The molecule has 0 saturated carbocycles. The summed E-state index contributed by atoms with van der Waals surface area (Å²) in [5.74, 6) is 0.908. The van der Waals surface area contributed by atoms with Gasteiger partial charge in [-0.1, -0.05) is 47.6 Å². The Labute approximate surface area is 152 Å². The van der Waals surface area contributed by atoms with Gasteiger partial charge in [0.25, 0.3) is 11.8 Å². The number of rotatable bonds is 3. The van der Waals surface area contributed by atoms with Crippen LogP contribution in [0.15, 0.2) is 59.1 Å². The first kappa shape index (κ1) is 16.5. The van der Waals surface area contributed by atoms with Crippen molar-refractivity contribution in [2.24, 2.45) is 0 Å². The number of nitrogens with one attached hydrogen (secondary N) is 1. The minimum Gasteiger partial charge on any atom is -0.334 e. The molecule has 132 valence electrons.